The minimum atomic E-state index is -1.93. The van der Waals surface area contributed by atoms with Crippen molar-refractivity contribution in [2.45, 2.75) is 237 Å². The maximum atomic E-state index is 13.0. The second-order valence-corrected chi connectivity index (χ2v) is 17.4. The van der Waals surface area contributed by atoms with Gasteiger partial charge in [-0.05, 0) is 77.0 Å². The number of carbonyl (C=O) groups excluding carboxylic acids is 3. The summed E-state index contributed by atoms with van der Waals surface area (Å²) in [5.41, 5.74) is 0. The Hall–Kier alpha value is -3.84. The quantitative estimate of drug-likeness (QED) is 0.0229. The Bertz CT molecular complexity index is 1450. The monoisotopic (exact) mass is 943 g/mol. The molecule has 12 nitrogen and oxygen atoms in total. The van der Waals surface area contributed by atoms with Gasteiger partial charge < -0.3 is 39.0 Å². The Balaban J connectivity index is 2.76. The average Bonchev–Trinajstić information content (AvgIpc) is 3.31. The summed E-state index contributed by atoms with van der Waals surface area (Å²) in [5, 5.41) is 31.3. The number of unbranched alkanes of at least 4 members (excludes halogenated alkanes) is 16. The Morgan fingerprint density at radius 2 is 0.970 bits per heavy atom. The van der Waals surface area contributed by atoms with E-state index in [4.69, 9.17) is 23.7 Å². The van der Waals surface area contributed by atoms with Crippen LogP contribution in [0.4, 0.5) is 0 Å². The lowest BCUT2D eigenvalue weighted by Crippen LogP contribution is -2.61. The molecule has 0 aromatic carbocycles. The van der Waals surface area contributed by atoms with Crippen LogP contribution in [0.2, 0.25) is 0 Å². The smallest absolute Gasteiger partial charge is 0.335 e. The lowest BCUT2D eigenvalue weighted by molar-refractivity contribution is -0.301. The number of esters is 3. The molecule has 0 saturated carbocycles. The fourth-order valence-electron chi connectivity index (χ4n) is 7.29. The molecule has 382 valence electrons. The van der Waals surface area contributed by atoms with E-state index in [0.29, 0.717) is 25.7 Å². The number of aliphatic carboxylic acids is 1. The molecule has 6 unspecified atom stereocenters. The number of allylic oxidation sites excluding steroid dienone is 12. The fourth-order valence-corrected chi connectivity index (χ4v) is 7.29. The minimum Gasteiger partial charge on any atom is -0.479 e. The van der Waals surface area contributed by atoms with Crippen molar-refractivity contribution in [3.63, 3.8) is 0 Å². The number of aliphatic hydroxyl groups excluding tert-OH is 2. The second kappa shape index (κ2) is 43.4. The molecule has 1 aliphatic rings. The van der Waals surface area contributed by atoms with Crippen molar-refractivity contribution in [3.8, 4) is 0 Å². The maximum absolute atomic E-state index is 13.0. The van der Waals surface area contributed by atoms with Crippen LogP contribution in [0.1, 0.15) is 201 Å². The largest absolute Gasteiger partial charge is 0.479 e. The zero-order valence-electron chi connectivity index (χ0n) is 41.6. The third-order valence-corrected chi connectivity index (χ3v) is 11.3. The van der Waals surface area contributed by atoms with E-state index in [1.165, 1.54) is 51.4 Å². The Morgan fingerprint density at radius 1 is 0.507 bits per heavy atom. The van der Waals surface area contributed by atoms with E-state index in [9.17, 15) is 34.5 Å². The minimum absolute atomic E-state index is 0.0631. The third-order valence-electron chi connectivity index (χ3n) is 11.3. The molecule has 0 spiro atoms. The third kappa shape index (κ3) is 34.2. The zero-order chi connectivity index (χ0) is 49.0. The highest BCUT2D eigenvalue weighted by molar-refractivity contribution is 5.74. The topological polar surface area (TPSA) is 175 Å². The molecule has 0 amide bonds. The number of hydrogen-bond donors (Lipinski definition) is 3. The molecular weight excluding hydrogens is 853 g/mol. The first-order valence-corrected chi connectivity index (χ1v) is 25.9. The van der Waals surface area contributed by atoms with Gasteiger partial charge in [-0.2, -0.15) is 0 Å². The van der Waals surface area contributed by atoms with Crippen LogP contribution in [0.5, 0.6) is 0 Å². The number of aliphatic hydroxyl groups is 2. The van der Waals surface area contributed by atoms with E-state index in [-0.39, 0.29) is 25.9 Å². The van der Waals surface area contributed by atoms with E-state index in [0.717, 1.165) is 83.5 Å². The van der Waals surface area contributed by atoms with Gasteiger partial charge in [0.1, 0.15) is 18.8 Å². The lowest BCUT2D eigenvalue weighted by atomic mass is 9.98. The number of carbonyl (C=O) groups is 4. The molecule has 0 bridgehead atoms. The highest BCUT2D eigenvalue weighted by Gasteiger charge is 2.50. The van der Waals surface area contributed by atoms with Gasteiger partial charge in [0.25, 0.3) is 0 Å². The number of rotatable bonds is 42. The van der Waals surface area contributed by atoms with Crippen LogP contribution in [0, 0.1) is 0 Å². The van der Waals surface area contributed by atoms with Gasteiger partial charge in [-0.25, -0.2) is 4.79 Å². The van der Waals surface area contributed by atoms with Crippen LogP contribution >= 0.6 is 0 Å². The van der Waals surface area contributed by atoms with Gasteiger partial charge >= 0.3 is 23.9 Å². The summed E-state index contributed by atoms with van der Waals surface area (Å²) in [4.78, 5) is 50.7. The van der Waals surface area contributed by atoms with Gasteiger partial charge in [0, 0.05) is 19.3 Å². The molecule has 0 radical (unpaired) electrons. The van der Waals surface area contributed by atoms with Crippen LogP contribution in [0.15, 0.2) is 72.9 Å². The molecule has 1 rings (SSSR count). The number of carboxylic acids is 1. The van der Waals surface area contributed by atoms with E-state index in [2.05, 4.69) is 75.5 Å². The molecular formula is C55H90O12. The van der Waals surface area contributed by atoms with Gasteiger partial charge in [0.15, 0.2) is 24.6 Å². The van der Waals surface area contributed by atoms with Crippen LogP contribution in [-0.2, 0) is 42.9 Å². The first-order chi connectivity index (χ1) is 32.6. The average molecular weight is 943 g/mol. The summed E-state index contributed by atoms with van der Waals surface area (Å²) >= 11 is 0. The summed E-state index contributed by atoms with van der Waals surface area (Å²) in [6.45, 7) is 5.74. The van der Waals surface area contributed by atoms with Crippen LogP contribution in [0.25, 0.3) is 0 Å². The number of carboxylic acid groups (broad SMARTS) is 1. The Kier molecular flexibility index (Phi) is 39.7. The van der Waals surface area contributed by atoms with Crippen molar-refractivity contribution in [2.24, 2.45) is 0 Å². The molecule has 1 saturated heterocycles. The zero-order valence-corrected chi connectivity index (χ0v) is 41.6. The van der Waals surface area contributed by atoms with Crippen molar-refractivity contribution in [3.05, 3.63) is 72.9 Å². The standard InChI is InChI=1S/C55H90O12/c1-4-7-10-13-16-19-21-23-24-26-27-30-32-35-38-41-47(56)63-44-46(65-48(57)42-39-36-33-29-18-15-12-9-6-3)45-64-55-53(51(60)50(59)52(67-55)54(61)62)66-49(58)43-40-37-34-31-28-25-22-20-17-14-11-8-5-2/h8,11,16-17,19-20,23-25,28,34,37,46,50-53,55,59-60H,4-7,9-10,12-15,18,21-22,26-27,29-33,35-36,38-45H2,1-3H3,(H,61,62)/b11-8-,19-16-,20-17-,24-23-,28-25-,37-34-. The van der Waals surface area contributed by atoms with E-state index in [1.807, 2.05) is 18.2 Å². The Labute approximate surface area is 404 Å². The van der Waals surface area contributed by atoms with Crippen LogP contribution < -0.4 is 0 Å². The summed E-state index contributed by atoms with van der Waals surface area (Å²) in [6, 6.07) is 0. The van der Waals surface area contributed by atoms with Gasteiger partial charge in [-0.3, -0.25) is 14.4 Å². The predicted molar refractivity (Wildman–Crippen MR) is 266 cm³/mol. The van der Waals surface area contributed by atoms with Gasteiger partial charge in [0.2, 0.25) is 0 Å². The van der Waals surface area contributed by atoms with Gasteiger partial charge in [0.05, 0.1) is 6.61 Å². The molecule has 1 fully saturated rings. The molecule has 1 aliphatic heterocycles. The summed E-state index contributed by atoms with van der Waals surface area (Å²) in [6.07, 6.45) is 40.6. The first kappa shape index (κ1) is 61.2. The van der Waals surface area contributed by atoms with Crippen LogP contribution in [0.3, 0.4) is 0 Å². The second-order valence-electron chi connectivity index (χ2n) is 17.4. The molecule has 0 aromatic heterocycles. The fraction of sp³-hybridized carbons (Fsp3) is 0.709. The van der Waals surface area contributed by atoms with Gasteiger partial charge in [-0.1, -0.05) is 177 Å². The molecule has 1 heterocycles. The van der Waals surface area contributed by atoms with E-state index < -0.39 is 67.3 Å². The molecule has 67 heavy (non-hydrogen) atoms. The number of ether oxygens (including phenoxy) is 5. The summed E-state index contributed by atoms with van der Waals surface area (Å²) in [5.74, 6) is -3.25. The molecule has 0 aliphatic carbocycles. The van der Waals surface area contributed by atoms with E-state index >= 15 is 0 Å². The lowest BCUT2D eigenvalue weighted by Gasteiger charge is -2.40. The highest BCUT2D eigenvalue weighted by atomic mass is 16.7. The summed E-state index contributed by atoms with van der Waals surface area (Å²) in [7, 11) is 0. The Morgan fingerprint density at radius 3 is 1.52 bits per heavy atom. The first-order valence-electron chi connectivity index (χ1n) is 25.9. The van der Waals surface area contributed by atoms with Gasteiger partial charge in [-0.15, -0.1) is 0 Å². The SMILES string of the molecule is CC/C=C\C/C=C\C/C=C\C/C=C\CCC(=O)OC1C(OCC(COC(=O)CCCCCCC/C=C\C/C=C\CCCCC)OC(=O)CCCCCCCCCCC)OC(C(=O)O)C(O)C1O. The maximum Gasteiger partial charge on any atom is 0.335 e. The van der Waals surface area contributed by atoms with Crippen molar-refractivity contribution in [1.29, 1.82) is 0 Å². The van der Waals surface area contributed by atoms with Crippen molar-refractivity contribution >= 4 is 23.9 Å². The molecule has 6 atom stereocenters. The number of hydrogen-bond acceptors (Lipinski definition) is 11. The molecule has 12 heteroatoms. The highest BCUT2D eigenvalue weighted by Crippen LogP contribution is 2.26. The van der Waals surface area contributed by atoms with Crippen molar-refractivity contribution in [2.75, 3.05) is 13.2 Å². The van der Waals surface area contributed by atoms with E-state index in [1.54, 1.807) is 0 Å². The normalized spacial score (nSPS) is 19.4. The van der Waals surface area contributed by atoms with Crippen LogP contribution in [-0.4, -0.2) is 89.2 Å². The predicted octanol–water partition coefficient (Wildman–Crippen LogP) is 12.2. The molecule has 3 N–H and O–H groups in total. The molecule has 0 aromatic rings. The van der Waals surface area contributed by atoms with Crippen molar-refractivity contribution < 1.29 is 58.2 Å². The van der Waals surface area contributed by atoms with Crippen molar-refractivity contribution in [1.82, 2.24) is 0 Å². The summed E-state index contributed by atoms with van der Waals surface area (Å²) < 4.78 is 28.1.